The summed E-state index contributed by atoms with van der Waals surface area (Å²) in [5.74, 6) is 0.942. The predicted octanol–water partition coefficient (Wildman–Crippen LogP) is 3.55. The zero-order valence-electron chi connectivity index (χ0n) is 10.6. The Kier molecular flexibility index (Phi) is 3.71. The van der Waals surface area contributed by atoms with Gasteiger partial charge in [-0.3, -0.25) is 0 Å². The molecule has 2 heterocycles. The summed E-state index contributed by atoms with van der Waals surface area (Å²) in [5.41, 5.74) is 0.988. The second kappa shape index (κ2) is 5.47. The van der Waals surface area contributed by atoms with Crippen LogP contribution < -0.4 is 5.32 Å². The van der Waals surface area contributed by atoms with E-state index in [9.17, 15) is 4.39 Å². The fourth-order valence-electron chi connectivity index (χ4n) is 2.61. The van der Waals surface area contributed by atoms with Crippen LogP contribution in [0, 0.1) is 11.7 Å². The van der Waals surface area contributed by atoms with Crippen LogP contribution in [0.2, 0.25) is 5.02 Å². The summed E-state index contributed by atoms with van der Waals surface area (Å²) >= 11 is 5.94. The third-order valence-electron chi connectivity index (χ3n) is 3.62. The lowest BCUT2D eigenvalue weighted by atomic mass is 9.95. The number of nitrogens with one attached hydrogen (secondary N) is 1. The van der Waals surface area contributed by atoms with Gasteiger partial charge in [-0.1, -0.05) is 11.6 Å². The first-order valence-electron chi connectivity index (χ1n) is 6.67. The van der Waals surface area contributed by atoms with Gasteiger partial charge < -0.3 is 9.73 Å². The molecule has 3 nitrogen and oxygen atoms in total. The van der Waals surface area contributed by atoms with Crippen molar-refractivity contribution in [2.75, 3.05) is 13.1 Å². The average molecular weight is 283 g/mol. The van der Waals surface area contributed by atoms with Crippen molar-refractivity contribution in [3.05, 3.63) is 28.9 Å². The first-order valence-corrected chi connectivity index (χ1v) is 7.05. The first-order chi connectivity index (χ1) is 9.22. The summed E-state index contributed by atoms with van der Waals surface area (Å²) in [5, 5.41) is 3.68. The maximum absolute atomic E-state index is 13.2. The molecule has 2 aromatic rings. The van der Waals surface area contributed by atoms with Crippen LogP contribution >= 0.6 is 11.6 Å². The van der Waals surface area contributed by atoms with Gasteiger partial charge in [-0.05, 0) is 44.3 Å². The van der Waals surface area contributed by atoms with E-state index in [1.807, 2.05) is 0 Å². The number of fused-ring (bicyclic) bond motifs is 1. The second-order valence-electron chi connectivity index (χ2n) is 5.09. The van der Waals surface area contributed by atoms with Crippen LogP contribution in [0.4, 0.5) is 4.39 Å². The maximum atomic E-state index is 13.2. The van der Waals surface area contributed by atoms with E-state index in [4.69, 9.17) is 16.0 Å². The van der Waals surface area contributed by atoms with Crippen LogP contribution in [0.3, 0.4) is 0 Å². The van der Waals surface area contributed by atoms with Crippen molar-refractivity contribution in [3.8, 4) is 0 Å². The fourth-order valence-corrected chi connectivity index (χ4v) is 2.85. The van der Waals surface area contributed by atoms with Crippen LogP contribution in [-0.4, -0.2) is 18.1 Å². The van der Waals surface area contributed by atoms with Gasteiger partial charge in [-0.15, -0.1) is 0 Å². The Bertz CT molecular complexity index is 578. The van der Waals surface area contributed by atoms with E-state index in [0.29, 0.717) is 22.9 Å². The first kappa shape index (κ1) is 12.9. The van der Waals surface area contributed by atoms with Crippen molar-refractivity contribution in [2.24, 2.45) is 5.92 Å². The molecule has 1 fully saturated rings. The molecule has 3 rings (SSSR count). The molecular weight excluding hydrogens is 267 g/mol. The third-order valence-corrected chi connectivity index (χ3v) is 3.90. The van der Waals surface area contributed by atoms with E-state index >= 15 is 0 Å². The number of benzene rings is 1. The molecule has 0 radical (unpaired) electrons. The number of halogens is 2. The minimum absolute atomic E-state index is 0.285. The number of rotatable bonds is 3. The molecule has 0 bridgehead atoms. The smallest absolute Gasteiger partial charge is 0.195 e. The normalized spacial score (nSPS) is 20.0. The minimum atomic E-state index is -0.381. The molecule has 1 atom stereocenters. The fraction of sp³-hybridized carbons (Fsp3) is 0.500. The lowest BCUT2D eigenvalue weighted by molar-refractivity contribution is 0.347. The van der Waals surface area contributed by atoms with Gasteiger partial charge in [0.25, 0.3) is 0 Å². The molecule has 1 saturated heterocycles. The Morgan fingerprint density at radius 1 is 1.47 bits per heavy atom. The van der Waals surface area contributed by atoms with E-state index < -0.39 is 0 Å². The maximum Gasteiger partial charge on any atom is 0.195 e. The molecule has 1 aliphatic rings. The summed E-state index contributed by atoms with van der Waals surface area (Å²) in [4.78, 5) is 4.31. The lowest BCUT2D eigenvalue weighted by Crippen LogP contribution is -2.29. The van der Waals surface area contributed by atoms with Gasteiger partial charge >= 0.3 is 0 Å². The van der Waals surface area contributed by atoms with E-state index in [1.165, 1.54) is 25.0 Å². The van der Waals surface area contributed by atoms with Gasteiger partial charge in [0.1, 0.15) is 11.3 Å². The summed E-state index contributed by atoms with van der Waals surface area (Å²) < 4.78 is 18.8. The van der Waals surface area contributed by atoms with E-state index in [1.54, 1.807) is 0 Å². The molecule has 1 unspecified atom stereocenters. The van der Waals surface area contributed by atoms with Crippen molar-refractivity contribution in [1.82, 2.24) is 10.3 Å². The molecule has 1 aliphatic heterocycles. The SMILES string of the molecule is Fc1cc(Cl)c2oc(CCC3CCCNC3)nc2c1. The molecule has 0 aliphatic carbocycles. The van der Waals surface area contributed by atoms with Crippen molar-refractivity contribution in [2.45, 2.75) is 25.7 Å². The summed E-state index contributed by atoms with van der Waals surface area (Å²) in [6.07, 6.45) is 4.30. The number of nitrogens with zero attached hydrogens (tertiary/aromatic N) is 1. The molecular formula is C14H16ClFN2O. The van der Waals surface area contributed by atoms with Crippen molar-refractivity contribution >= 4 is 22.7 Å². The highest BCUT2D eigenvalue weighted by Crippen LogP contribution is 2.27. The van der Waals surface area contributed by atoms with Gasteiger partial charge in [0.15, 0.2) is 11.5 Å². The van der Waals surface area contributed by atoms with Crippen LogP contribution in [0.25, 0.3) is 11.1 Å². The highest BCUT2D eigenvalue weighted by molar-refractivity contribution is 6.34. The van der Waals surface area contributed by atoms with Crippen LogP contribution in [0.1, 0.15) is 25.2 Å². The molecule has 102 valence electrons. The van der Waals surface area contributed by atoms with E-state index in [2.05, 4.69) is 10.3 Å². The average Bonchev–Trinajstić information content (AvgIpc) is 2.81. The number of aromatic nitrogens is 1. The van der Waals surface area contributed by atoms with E-state index in [-0.39, 0.29) is 10.8 Å². The van der Waals surface area contributed by atoms with Gasteiger partial charge in [0.2, 0.25) is 0 Å². The highest BCUT2D eigenvalue weighted by atomic mass is 35.5. The Hall–Kier alpha value is -1.13. The van der Waals surface area contributed by atoms with Gasteiger partial charge in [-0.2, -0.15) is 0 Å². The lowest BCUT2D eigenvalue weighted by Gasteiger charge is -2.21. The quantitative estimate of drug-likeness (QED) is 0.935. The van der Waals surface area contributed by atoms with Crippen molar-refractivity contribution in [3.63, 3.8) is 0 Å². The molecule has 1 aromatic carbocycles. The summed E-state index contributed by atoms with van der Waals surface area (Å²) in [6, 6.07) is 2.61. The molecule has 0 spiro atoms. The largest absolute Gasteiger partial charge is 0.439 e. The third kappa shape index (κ3) is 2.90. The molecule has 0 amide bonds. The van der Waals surface area contributed by atoms with Crippen molar-refractivity contribution < 1.29 is 8.81 Å². The Balaban J connectivity index is 1.72. The minimum Gasteiger partial charge on any atom is -0.439 e. The van der Waals surface area contributed by atoms with Crippen LogP contribution in [-0.2, 0) is 6.42 Å². The number of piperidine rings is 1. The Labute approximate surface area is 116 Å². The number of aryl methyl sites for hydroxylation is 1. The van der Waals surface area contributed by atoms with Crippen LogP contribution in [0.5, 0.6) is 0 Å². The Morgan fingerprint density at radius 2 is 2.37 bits per heavy atom. The number of hydrogen-bond acceptors (Lipinski definition) is 3. The molecule has 0 saturated carbocycles. The molecule has 1 N–H and O–H groups in total. The summed E-state index contributed by atoms with van der Waals surface area (Å²) in [7, 11) is 0. The van der Waals surface area contributed by atoms with E-state index in [0.717, 1.165) is 25.9 Å². The summed E-state index contributed by atoms with van der Waals surface area (Å²) in [6.45, 7) is 2.18. The number of oxazole rings is 1. The van der Waals surface area contributed by atoms with Gasteiger partial charge in [0, 0.05) is 12.5 Å². The van der Waals surface area contributed by atoms with Gasteiger partial charge in [0.05, 0.1) is 5.02 Å². The predicted molar refractivity (Wildman–Crippen MR) is 72.9 cm³/mol. The zero-order chi connectivity index (χ0) is 13.2. The molecule has 5 heteroatoms. The molecule has 19 heavy (non-hydrogen) atoms. The Morgan fingerprint density at radius 3 is 3.16 bits per heavy atom. The van der Waals surface area contributed by atoms with Gasteiger partial charge in [-0.25, -0.2) is 9.37 Å². The monoisotopic (exact) mass is 282 g/mol. The van der Waals surface area contributed by atoms with Crippen LogP contribution in [0.15, 0.2) is 16.5 Å². The zero-order valence-corrected chi connectivity index (χ0v) is 11.3. The standard InChI is InChI=1S/C14H16ClFN2O/c15-11-6-10(16)7-12-14(11)19-13(18-12)4-3-9-2-1-5-17-8-9/h6-7,9,17H,1-5,8H2. The topological polar surface area (TPSA) is 38.1 Å². The molecule has 1 aromatic heterocycles. The number of hydrogen-bond donors (Lipinski definition) is 1. The highest BCUT2D eigenvalue weighted by Gasteiger charge is 2.15. The van der Waals surface area contributed by atoms with Crippen molar-refractivity contribution in [1.29, 1.82) is 0 Å². The second-order valence-corrected chi connectivity index (χ2v) is 5.50.